The van der Waals surface area contributed by atoms with Gasteiger partial charge in [-0.25, -0.2) is 8.78 Å². The first-order chi connectivity index (χ1) is 11.7. The van der Waals surface area contributed by atoms with Gasteiger partial charge >= 0.3 is 0 Å². The van der Waals surface area contributed by atoms with Crippen LogP contribution in [0.4, 0.5) is 8.78 Å². The van der Waals surface area contributed by atoms with Crippen LogP contribution in [0.1, 0.15) is 48.4 Å². The first-order valence-electron chi connectivity index (χ1n) is 7.70. The van der Waals surface area contributed by atoms with E-state index in [-0.39, 0.29) is 17.6 Å². The zero-order chi connectivity index (χ0) is 18.2. The third-order valence-electron chi connectivity index (χ3n) is 3.92. The molecule has 1 aliphatic heterocycles. The predicted molar refractivity (Wildman–Crippen MR) is 86.5 cm³/mol. The molecule has 0 bridgehead atoms. The molecule has 6 nitrogen and oxygen atoms in total. The van der Waals surface area contributed by atoms with Crippen molar-refractivity contribution in [3.8, 4) is 0 Å². The minimum absolute atomic E-state index is 0.0808. The molecular formula is C16H17ClF2N4O2. The van der Waals surface area contributed by atoms with E-state index in [0.717, 1.165) is 0 Å². The molecule has 3 rings (SSSR count). The molecule has 0 saturated carbocycles. The van der Waals surface area contributed by atoms with Crippen molar-refractivity contribution in [3.05, 3.63) is 46.6 Å². The van der Waals surface area contributed by atoms with E-state index in [4.69, 9.17) is 16.1 Å². The summed E-state index contributed by atoms with van der Waals surface area (Å²) in [5.74, 6) is -2.87. The molecule has 2 heterocycles. The van der Waals surface area contributed by atoms with E-state index in [1.807, 2.05) is 0 Å². The second-order valence-corrected chi connectivity index (χ2v) is 6.98. The second kappa shape index (κ2) is 6.34. The molecule has 1 aliphatic rings. The van der Waals surface area contributed by atoms with E-state index in [0.29, 0.717) is 10.6 Å². The highest BCUT2D eigenvalue weighted by Crippen LogP contribution is 2.33. The van der Waals surface area contributed by atoms with E-state index >= 15 is 0 Å². The van der Waals surface area contributed by atoms with Crippen molar-refractivity contribution in [2.75, 3.05) is 6.54 Å². The average Bonchev–Trinajstić information content (AvgIpc) is 3.13. The van der Waals surface area contributed by atoms with Crippen LogP contribution in [0.25, 0.3) is 0 Å². The molecule has 1 amide bonds. The largest absolute Gasteiger partial charge is 0.340 e. The molecule has 1 aromatic carbocycles. The van der Waals surface area contributed by atoms with Crippen LogP contribution in [0.3, 0.4) is 0 Å². The van der Waals surface area contributed by atoms with Crippen LogP contribution in [0, 0.1) is 0 Å². The molecular weight excluding hydrogens is 354 g/mol. The summed E-state index contributed by atoms with van der Waals surface area (Å²) < 4.78 is 31.7. The fourth-order valence-electron chi connectivity index (χ4n) is 2.56. The molecule has 1 aromatic heterocycles. The number of benzene rings is 1. The normalized spacial score (nSPS) is 19.8. The Hall–Kier alpha value is -2.06. The van der Waals surface area contributed by atoms with Gasteiger partial charge < -0.3 is 9.84 Å². The summed E-state index contributed by atoms with van der Waals surface area (Å²) in [5.41, 5.74) is -0.566. The molecule has 0 radical (unpaired) electrons. The van der Waals surface area contributed by atoms with Gasteiger partial charge in [0.25, 0.3) is 11.8 Å². The van der Waals surface area contributed by atoms with Crippen LogP contribution in [-0.4, -0.2) is 28.5 Å². The highest BCUT2D eigenvalue weighted by molar-refractivity contribution is 6.30. The molecule has 25 heavy (non-hydrogen) atoms. The molecule has 2 aromatic rings. The maximum atomic E-state index is 13.3. The minimum atomic E-state index is -2.80. The van der Waals surface area contributed by atoms with Crippen LogP contribution in [0.15, 0.2) is 28.8 Å². The van der Waals surface area contributed by atoms with Gasteiger partial charge in [-0.15, -0.1) is 0 Å². The van der Waals surface area contributed by atoms with Gasteiger partial charge in [0.15, 0.2) is 5.82 Å². The SMILES string of the molecule is CC(C)(NC(=O)c1cccc(Cl)c1)c1noc(C2CC(F)(F)CN2)n1. The first kappa shape index (κ1) is 17.8. The monoisotopic (exact) mass is 370 g/mol. The molecule has 0 aliphatic carbocycles. The third-order valence-corrected chi connectivity index (χ3v) is 4.16. The molecule has 9 heteroatoms. The molecule has 1 fully saturated rings. The van der Waals surface area contributed by atoms with Crippen molar-refractivity contribution in [3.63, 3.8) is 0 Å². The second-order valence-electron chi connectivity index (χ2n) is 6.54. The number of halogens is 3. The molecule has 1 saturated heterocycles. The van der Waals surface area contributed by atoms with Crippen molar-refractivity contribution < 1.29 is 18.1 Å². The van der Waals surface area contributed by atoms with Crippen molar-refractivity contribution in [1.82, 2.24) is 20.8 Å². The Balaban J connectivity index is 1.73. The number of hydrogen-bond acceptors (Lipinski definition) is 5. The standard InChI is InChI=1S/C16H17ClF2N4O2/c1-15(2,22-12(24)9-4-3-5-10(17)6-9)14-21-13(25-23-14)11-7-16(18,19)8-20-11/h3-6,11,20H,7-8H2,1-2H3,(H,22,24). The van der Waals surface area contributed by atoms with Crippen molar-refractivity contribution in [2.24, 2.45) is 0 Å². The summed E-state index contributed by atoms with van der Waals surface area (Å²) in [4.78, 5) is 16.5. The number of rotatable bonds is 4. The Morgan fingerprint density at radius 3 is 2.88 bits per heavy atom. The maximum absolute atomic E-state index is 13.3. The lowest BCUT2D eigenvalue weighted by Gasteiger charge is -2.22. The quantitative estimate of drug-likeness (QED) is 0.864. The number of carbonyl (C=O) groups is 1. The number of aromatic nitrogens is 2. The van der Waals surface area contributed by atoms with Crippen LogP contribution >= 0.6 is 11.6 Å². The number of hydrogen-bond donors (Lipinski definition) is 2. The van der Waals surface area contributed by atoms with E-state index in [1.54, 1.807) is 38.1 Å². The summed E-state index contributed by atoms with van der Waals surface area (Å²) in [5, 5.41) is 9.72. The number of amides is 1. The molecule has 134 valence electrons. The predicted octanol–water partition coefficient (Wildman–Crippen LogP) is 3.06. The lowest BCUT2D eigenvalue weighted by molar-refractivity contribution is 0.0200. The van der Waals surface area contributed by atoms with E-state index in [2.05, 4.69) is 20.8 Å². The van der Waals surface area contributed by atoms with Gasteiger partial charge in [0.05, 0.1) is 18.1 Å². The van der Waals surface area contributed by atoms with Gasteiger partial charge in [0, 0.05) is 17.0 Å². The summed E-state index contributed by atoms with van der Waals surface area (Å²) in [6, 6.07) is 5.81. The smallest absolute Gasteiger partial charge is 0.262 e. The summed E-state index contributed by atoms with van der Waals surface area (Å²) >= 11 is 5.89. The number of nitrogens with one attached hydrogen (secondary N) is 2. The molecule has 1 atom stereocenters. The summed E-state index contributed by atoms with van der Waals surface area (Å²) in [6.45, 7) is 2.96. The zero-order valence-corrected chi connectivity index (χ0v) is 14.4. The van der Waals surface area contributed by atoms with E-state index < -0.39 is 30.5 Å². The van der Waals surface area contributed by atoms with Gasteiger partial charge in [-0.05, 0) is 32.0 Å². The molecule has 2 N–H and O–H groups in total. The van der Waals surface area contributed by atoms with Gasteiger partial charge in [0.1, 0.15) is 0 Å². The van der Waals surface area contributed by atoms with Crippen LogP contribution in [-0.2, 0) is 5.54 Å². The van der Waals surface area contributed by atoms with E-state index in [1.165, 1.54) is 0 Å². The molecule has 1 unspecified atom stereocenters. The van der Waals surface area contributed by atoms with E-state index in [9.17, 15) is 13.6 Å². The first-order valence-corrected chi connectivity index (χ1v) is 8.07. The highest BCUT2D eigenvalue weighted by Gasteiger charge is 2.42. The summed E-state index contributed by atoms with van der Waals surface area (Å²) in [6.07, 6.45) is -0.399. The Labute approximate surface area is 147 Å². The van der Waals surface area contributed by atoms with Crippen molar-refractivity contribution in [2.45, 2.75) is 37.8 Å². The Kier molecular flexibility index (Phi) is 4.51. The Morgan fingerprint density at radius 1 is 1.48 bits per heavy atom. The average molecular weight is 371 g/mol. The third kappa shape index (κ3) is 3.96. The van der Waals surface area contributed by atoms with Gasteiger partial charge in [-0.2, -0.15) is 4.98 Å². The summed E-state index contributed by atoms with van der Waals surface area (Å²) in [7, 11) is 0. The topological polar surface area (TPSA) is 80.0 Å². The fourth-order valence-corrected chi connectivity index (χ4v) is 2.75. The Morgan fingerprint density at radius 2 is 2.24 bits per heavy atom. The van der Waals surface area contributed by atoms with Crippen LogP contribution in [0.5, 0.6) is 0 Å². The number of alkyl halides is 2. The lowest BCUT2D eigenvalue weighted by atomic mass is 10.0. The van der Waals surface area contributed by atoms with Crippen LogP contribution in [0.2, 0.25) is 5.02 Å². The molecule has 0 spiro atoms. The van der Waals surface area contributed by atoms with Gasteiger partial charge in [0.2, 0.25) is 5.89 Å². The van der Waals surface area contributed by atoms with Crippen molar-refractivity contribution >= 4 is 17.5 Å². The van der Waals surface area contributed by atoms with Crippen LogP contribution < -0.4 is 10.6 Å². The zero-order valence-electron chi connectivity index (χ0n) is 13.6. The Bertz CT molecular complexity index is 794. The lowest BCUT2D eigenvalue weighted by Crippen LogP contribution is -2.41. The van der Waals surface area contributed by atoms with Crippen molar-refractivity contribution in [1.29, 1.82) is 0 Å². The maximum Gasteiger partial charge on any atom is 0.262 e. The van der Waals surface area contributed by atoms with Gasteiger partial charge in [-0.3, -0.25) is 10.1 Å². The fraction of sp³-hybridized carbons (Fsp3) is 0.438. The number of nitrogens with zero attached hydrogens (tertiary/aromatic N) is 2. The van der Waals surface area contributed by atoms with Gasteiger partial charge in [-0.1, -0.05) is 22.8 Å². The number of carbonyl (C=O) groups excluding carboxylic acids is 1. The minimum Gasteiger partial charge on any atom is -0.340 e. The highest BCUT2D eigenvalue weighted by atomic mass is 35.5.